The first-order chi connectivity index (χ1) is 12.9. The van der Waals surface area contributed by atoms with Gasteiger partial charge in [-0.1, -0.05) is 42.5 Å². The molecule has 0 unspecified atom stereocenters. The lowest BCUT2D eigenvalue weighted by Crippen LogP contribution is -2.67. The Morgan fingerprint density at radius 1 is 1.07 bits per heavy atom. The van der Waals surface area contributed by atoms with Crippen LogP contribution in [0, 0.1) is 5.92 Å². The highest BCUT2D eigenvalue weighted by Gasteiger charge is 2.68. The van der Waals surface area contributed by atoms with E-state index in [9.17, 15) is 31.1 Å². The van der Waals surface area contributed by atoms with Gasteiger partial charge in [0.25, 0.3) is 0 Å². The van der Waals surface area contributed by atoms with E-state index in [0.29, 0.717) is 18.4 Å². The zero-order chi connectivity index (χ0) is 21.0. The third kappa shape index (κ3) is 5.20. The molecule has 9 heteroatoms. The van der Waals surface area contributed by atoms with E-state index in [2.05, 4.69) is 0 Å². The second kappa shape index (κ2) is 8.45. The van der Waals surface area contributed by atoms with Gasteiger partial charge in [-0.25, -0.2) is 4.79 Å². The Labute approximate surface area is 159 Å². The molecule has 0 heterocycles. The predicted octanol–water partition coefficient (Wildman–Crippen LogP) is 5.44. The summed E-state index contributed by atoms with van der Waals surface area (Å²) in [7, 11) is 0. The zero-order valence-corrected chi connectivity index (χ0v) is 15.3. The number of hydrogen-bond acceptors (Lipinski definition) is 1. The molecule has 3 nitrogen and oxygen atoms in total. The van der Waals surface area contributed by atoms with Gasteiger partial charge in [0.05, 0.1) is 0 Å². The number of halogens is 6. The Hall–Kier alpha value is -2.19. The van der Waals surface area contributed by atoms with E-state index in [0.717, 1.165) is 11.3 Å². The number of amides is 2. The van der Waals surface area contributed by atoms with E-state index in [1.165, 1.54) is 5.32 Å². The maximum atomic E-state index is 13.1. The summed E-state index contributed by atoms with van der Waals surface area (Å²) in [5, 5.41) is 1.20. The zero-order valence-electron chi connectivity index (χ0n) is 15.3. The number of nitrogens with one attached hydrogen (secondary N) is 1. The first kappa shape index (κ1) is 22.1. The molecular weight excluding hydrogens is 386 g/mol. The summed E-state index contributed by atoms with van der Waals surface area (Å²) in [6.45, 7) is -0.0789. The predicted molar refractivity (Wildman–Crippen MR) is 92.4 cm³/mol. The summed E-state index contributed by atoms with van der Waals surface area (Å²) in [5.74, 6) is -0.0255. The molecule has 1 aromatic rings. The number of hydrogen-bond donors (Lipinski definition) is 1. The van der Waals surface area contributed by atoms with Gasteiger partial charge >= 0.3 is 18.4 Å². The van der Waals surface area contributed by atoms with Crippen molar-refractivity contribution in [2.75, 3.05) is 6.54 Å². The number of alkyl halides is 6. The van der Waals surface area contributed by atoms with E-state index < -0.39 is 23.9 Å². The van der Waals surface area contributed by atoms with E-state index in [-0.39, 0.29) is 25.9 Å². The van der Waals surface area contributed by atoms with Gasteiger partial charge in [0.15, 0.2) is 0 Å². The molecular formula is C19H22F6N2O. The largest absolute Gasteiger partial charge is 0.420 e. The molecule has 1 aromatic carbocycles. The number of benzene rings is 1. The summed E-state index contributed by atoms with van der Waals surface area (Å²) in [6, 6.07) is 7.02. The van der Waals surface area contributed by atoms with E-state index in [4.69, 9.17) is 0 Å². The number of allylic oxidation sites excluding steroid dienone is 2. The van der Waals surface area contributed by atoms with Crippen molar-refractivity contribution in [1.82, 2.24) is 10.2 Å². The smallest absolute Gasteiger partial charge is 0.320 e. The molecule has 1 atom stereocenters. The first-order valence-electron chi connectivity index (χ1n) is 8.83. The molecule has 1 N–H and O–H groups in total. The normalized spacial score (nSPS) is 18.0. The number of urea groups is 1. The van der Waals surface area contributed by atoms with E-state index in [1.54, 1.807) is 30.3 Å². The number of carbonyl (C=O) groups excluding carboxylic acids is 1. The summed E-state index contributed by atoms with van der Waals surface area (Å²) >= 11 is 0. The van der Waals surface area contributed by atoms with Gasteiger partial charge in [-0.15, -0.1) is 0 Å². The minimum Gasteiger partial charge on any atom is -0.320 e. The molecule has 2 amide bonds. The fourth-order valence-corrected chi connectivity index (χ4v) is 2.95. The van der Waals surface area contributed by atoms with Crippen LogP contribution in [0.15, 0.2) is 42.5 Å². The molecule has 1 aliphatic carbocycles. The van der Waals surface area contributed by atoms with Gasteiger partial charge in [0.1, 0.15) is 0 Å². The van der Waals surface area contributed by atoms with Crippen molar-refractivity contribution < 1.29 is 31.1 Å². The molecule has 0 spiro atoms. The lowest BCUT2D eigenvalue weighted by atomic mass is 9.93. The highest BCUT2D eigenvalue weighted by molar-refractivity contribution is 5.75. The molecule has 156 valence electrons. The molecule has 28 heavy (non-hydrogen) atoms. The standard InChI is InChI=1S/C19H22F6N2O/c1-17(18(20,21)22,19(23,24)25)26-16(28)27(12-14-8-4-2-5-9-14)13-15-10-6-3-7-11-15/h2-6,8-9,15H,7,10-13H2,1H3,(H,26,28)/t15-/m0/s1. The van der Waals surface area contributed by atoms with Crippen molar-refractivity contribution in [3.63, 3.8) is 0 Å². The van der Waals surface area contributed by atoms with Crippen molar-refractivity contribution >= 4 is 6.03 Å². The second-order valence-corrected chi connectivity index (χ2v) is 7.07. The van der Waals surface area contributed by atoms with Crippen molar-refractivity contribution in [2.24, 2.45) is 5.92 Å². The maximum absolute atomic E-state index is 13.1. The van der Waals surface area contributed by atoms with Gasteiger partial charge in [-0.3, -0.25) is 0 Å². The average Bonchev–Trinajstić information content (AvgIpc) is 2.61. The molecule has 0 radical (unpaired) electrons. The highest BCUT2D eigenvalue weighted by Crippen LogP contribution is 2.42. The highest BCUT2D eigenvalue weighted by atomic mass is 19.4. The Morgan fingerprint density at radius 2 is 1.68 bits per heavy atom. The van der Waals surface area contributed by atoms with Gasteiger partial charge in [-0.05, 0) is 37.7 Å². The number of carbonyl (C=O) groups is 1. The molecule has 0 aromatic heterocycles. The van der Waals surface area contributed by atoms with Crippen LogP contribution in [-0.2, 0) is 6.54 Å². The fraction of sp³-hybridized carbons (Fsp3) is 0.526. The van der Waals surface area contributed by atoms with Gasteiger partial charge in [0.2, 0.25) is 5.54 Å². The molecule has 2 rings (SSSR count). The van der Waals surface area contributed by atoms with Gasteiger partial charge in [0, 0.05) is 13.1 Å². The van der Waals surface area contributed by atoms with E-state index in [1.807, 2.05) is 12.2 Å². The van der Waals surface area contributed by atoms with Crippen LogP contribution in [-0.4, -0.2) is 35.4 Å². The Kier molecular flexibility index (Phi) is 6.67. The van der Waals surface area contributed by atoms with Crippen LogP contribution < -0.4 is 5.32 Å². The van der Waals surface area contributed by atoms with Gasteiger partial charge < -0.3 is 10.2 Å². The van der Waals surface area contributed by atoms with Crippen LogP contribution in [0.4, 0.5) is 31.1 Å². The van der Waals surface area contributed by atoms with Gasteiger partial charge in [-0.2, -0.15) is 26.3 Å². The summed E-state index contributed by atoms with van der Waals surface area (Å²) in [5.41, 5.74) is -3.72. The maximum Gasteiger partial charge on any atom is 0.420 e. The quantitative estimate of drug-likeness (QED) is 0.511. The molecule has 0 bridgehead atoms. The van der Waals surface area contributed by atoms with Crippen LogP contribution in [0.25, 0.3) is 0 Å². The number of nitrogens with zero attached hydrogens (tertiary/aromatic N) is 1. The fourth-order valence-electron chi connectivity index (χ4n) is 2.95. The lowest BCUT2D eigenvalue weighted by molar-refractivity contribution is -0.298. The average molecular weight is 408 g/mol. The Balaban J connectivity index is 2.24. The number of rotatable bonds is 5. The van der Waals surface area contributed by atoms with Crippen LogP contribution in [0.2, 0.25) is 0 Å². The van der Waals surface area contributed by atoms with E-state index >= 15 is 0 Å². The topological polar surface area (TPSA) is 32.3 Å². The second-order valence-electron chi connectivity index (χ2n) is 7.07. The third-order valence-corrected chi connectivity index (χ3v) is 4.85. The van der Waals surface area contributed by atoms with Crippen LogP contribution >= 0.6 is 0 Å². The molecule has 0 saturated heterocycles. The molecule has 0 aliphatic heterocycles. The first-order valence-corrected chi connectivity index (χ1v) is 8.83. The minimum atomic E-state index is -5.69. The minimum absolute atomic E-state index is 0.0255. The molecule has 0 fully saturated rings. The van der Waals surface area contributed by atoms with Crippen LogP contribution in [0.1, 0.15) is 31.7 Å². The third-order valence-electron chi connectivity index (χ3n) is 4.85. The summed E-state index contributed by atoms with van der Waals surface area (Å²) < 4.78 is 78.9. The van der Waals surface area contributed by atoms with Crippen LogP contribution in [0.3, 0.4) is 0 Å². The molecule has 1 aliphatic rings. The van der Waals surface area contributed by atoms with Crippen molar-refractivity contribution in [3.8, 4) is 0 Å². The van der Waals surface area contributed by atoms with Crippen molar-refractivity contribution in [1.29, 1.82) is 0 Å². The monoisotopic (exact) mass is 408 g/mol. The van der Waals surface area contributed by atoms with Crippen molar-refractivity contribution in [2.45, 2.75) is 50.6 Å². The Bertz CT molecular complexity index is 670. The van der Waals surface area contributed by atoms with Crippen LogP contribution in [0.5, 0.6) is 0 Å². The molecule has 0 saturated carbocycles. The summed E-state index contributed by atoms with van der Waals surface area (Å²) in [6.07, 6.45) is -5.42. The van der Waals surface area contributed by atoms with Crippen molar-refractivity contribution in [3.05, 3.63) is 48.0 Å². The summed E-state index contributed by atoms with van der Waals surface area (Å²) in [4.78, 5) is 13.5. The Morgan fingerprint density at radius 3 is 2.18 bits per heavy atom. The lowest BCUT2D eigenvalue weighted by Gasteiger charge is -2.37. The SMILES string of the molecule is CC(NC(=O)N(Cc1ccccc1)C[C@H]1CC=CCC1)(C(F)(F)F)C(F)(F)F.